The van der Waals surface area contributed by atoms with E-state index >= 15 is 0 Å². The van der Waals surface area contributed by atoms with Gasteiger partial charge in [0.05, 0.1) is 6.54 Å². The van der Waals surface area contributed by atoms with Gasteiger partial charge in [0.15, 0.2) is 0 Å². The highest BCUT2D eigenvalue weighted by molar-refractivity contribution is 7.09. The lowest BCUT2D eigenvalue weighted by molar-refractivity contribution is 0.665. The van der Waals surface area contributed by atoms with Crippen LogP contribution in [0.3, 0.4) is 0 Å². The summed E-state index contributed by atoms with van der Waals surface area (Å²) in [5, 5.41) is 6.45. The zero-order valence-corrected chi connectivity index (χ0v) is 8.77. The molecule has 74 valence electrons. The molecule has 2 rings (SSSR count). The van der Waals surface area contributed by atoms with Gasteiger partial charge < -0.3 is 10.3 Å². The lowest BCUT2D eigenvalue weighted by Gasteiger charge is -1.98. The predicted octanol–water partition coefficient (Wildman–Crippen LogP) is 1.46. The number of aryl methyl sites for hydroxylation is 1. The van der Waals surface area contributed by atoms with Crippen molar-refractivity contribution in [3.8, 4) is 0 Å². The van der Waals surface area contributed by atoms with Crippen molar-refractivity contribution in [2.45, 2.75) is 20.0 Å². The SMILES string of the molecule is Cc1csc(CNCc2ncc[nH]2)n1. The van der Waals surface area contributed by atoms with Gasteiger partial charge in [-0.15, -0.1) is 11.3 Å². The molecule has 14 heavy (non-hydrogen) atoms. The molecule has 2 N–H and O–H groups in total. The summed E-state index contributed by atoms with van der Waals surface area (Å²) in [6.07, 6.45) is 3.58. The van der Waals surface area contributed by atoms with Crippen LogP contribution in [0.25, 0.3) is 0 Å². The average molecular weight is 208 g/mol. The summed E-state index contributed by atoms with van der Waals surface area (Å²) in [7, 11) is 0. The van der Waals surface area contributed by atoms with Crippen LogP contribution in [0.5, 0.6) is 0 Å². The standard InChI is InChI=1S/C9H12N4S/c1-7-6-14-9(13-7)5-10-4-8-11-2-3-12-8/h2-3,6,10H,4-5H2,1H3,(H,11,12). The molecule has 2 aromatic heterocycles. The minimum Gasteiger partial charge on any atom is -0.348 e. The Morgan fingerprint density at radius 1 is 1.50 bits per heavy atom. The van der Waals surface area contributed by atoms with E-state index < -0.39 is 0 Å². The van der Waals surface area contributed by atoms with Crippen molar-refractivity contribution in [2.24, 2.45) is 0 Å². The zero-order chi connectivity index (χ0) is 9.80. The molecule has 0 aliphatic heterocycles. The predicted molar refractivity (Wildman–Crippen MR) is 56.0 cm³/mol. The summed E-state index contributed by atoms with van der Waals surface area (Å²) in [4.78, 5) is 11.5. The molecule has 4 nitrogen and oxygen atoms in total. The fraction of sp³-hybridized carbons (Fsp3) is 0.333. The molecule has 0 aliphatic rings. The van der Waals surface area contributed by atoms with Crippen molar-refractivity contribution in [2.75, 3.05) is 0 Å². The lowest BCUT2D eigenvalue weighted by atomic mass is 10.5. The van der Waals surface area contributed by atoms with E-state index in [2.05, 4.69) is 25.6 Å². The van der Waals surface area contributed by atoms with Crippen LogP contribution in [0.4, 0.5) is 0 Å². The van der Waals surface area contributed by atoms with Gasteiger partial charge in [0.25, 0.3) is 0 Å². The molecule has 0 atom stereocenters. The highest BCUT2D eigenvalue weighted by atomic mass is 32.1. The molecule has 0 bridgehead atoms. The molecule has 0 spiro atoms. The topological polar surface area (TPSA) is 53.6 Å². The van der Waals surface area contributed by atoms with E-state index in [1.54, 1.807) is 17.5 Å². The number of imidazole rings is 1. The van der Waals surface area contributed by atoms with Gasteiger partial charge in [0.1, 0.15) is 10.8 Å². The van der Waals surface area contributed by atoms with Gasteiger partial charge in [0.2, 0.25) is 0 Å². The highest BCUT2D eigenvalue weighted by Gasteiger charge is 1.98. The Kier molecular flexibility index (Phi) is 2.90. The van der Waals surface area contributed by atoms with Crippen LogP contribution in [0.2, 0.25) is 0 Å². The van der Waals surface area contributed by atoms with Crippen molar-refractivity contribution < 1.29 is 0 Å². The number of H-pyrrole nitrogens is 1. The van der Waals surface area contributed by atoms with Crippen LogP contribution >= 0.6 is 11.3 Å². The summed E-state index contributed by atoms with van der Waals surface area (Å²) in [5.74, 6) is 0.957. The van der Waals surface area contributed by atoms with E-state index in [4.69, 9.17) is 0 Å². The van der Waals surface area contributed by atoms with E-state index in [1.165, 1.54) is 0 Å². The van der Waals surface area contributed by atoms with Crippen molar-refractivity contribution in [1.82, 2.24) is 20.3 Å². The number of aromatic amines is 1. The van der Waals surface area contributed by atoms with E-state index in [0.717, 1.165) is 29.6 Å². The van der Waals surface area contributed by atoms with Crippen LogP contribution in [0.15, 0.2) is 17.8 Å². The summed E-state index contributed by atoms with van der Waals surface area (Å²) < 4.78 is 0. The average Bonchev–Trinajstić information content (AvgIpc) is 2.77. The number of nitrogens with one attached hydrogen (secondary N) is 2. The van der Waals surface area contributed by atoms with Crippen molar-refractivity contribution >= 4 is 11.3 Å². The summed E-state index contributed by atoms with van der Waals surface area (Å²) in [6, 6.07) is 0. The van der Waals surface area contributed by atoms with Gasteiger partial charge in [-0.05, 0) is 6.92 Å². The molecule has 0 saturated carbocycles. The fourth-order valence-electron chi connectivity index (χ4n) is 1.17. The molecular formula is C9H12N4S. The first-order valence-corrected chi connectivity index (χ1v) is 5.32. The van der Waals surface area contributed by atoms with Crippen LogP contribution in [-0.2, 0) is 13.1 Å². The number of hydrogen-bond acceptors (Lipinski definition) is 4. The monoisotopic (exact) mass is 208 g/mol. The third-order valence-corrected chi connectivity index (χ3v) is 2.76. The van der Waals surface area contributed by atoms with Crippen LogP contribution in [0.1, 0.15) is 16.5 Å². The van der Waals surface area contributed by atoms with Gasteiger partial charge in [-0.2, -0.15) is 0 Å². The Bertz CT molecular complexity index is 379. The summed E-state index contributed by atoms with van der Waals surface area (Å²) >= 11 is 1.68. The fourth-order valence-corrected chi connectivity index (χ4v) is 1.91. The number of rotatable bonds is 4. The van der Waals surface area contributed by atoms with Gasteiger partial charge in [-0.1, -0.05) is 0 Å². The van der Waals surface area contributed by atoms with Gasteiger partial charge >= 0.3 is 0 Å². The molecular weight excluding hydrogens is 196 g/mol. The molecule has 2 heterocycles. The minimum absolute atomic E-state index is 0.756. The Morgan fingerprint density at radius 3 is 3.07 bits per heavy atom. The molecule has 0 aromatic carbocycles. The molecule has 0 amide bonds. The second kappa shape index (κ2) is 4.34. The molecule has 0 unspecified atom stereocenters. The quantitative estimate of drug-likeness (QED) is 0.800. The van der Waals surface area contributed by atoms with Crippen LogP contribution < -0.4 is 5.32 Å². The van der Waals surface area contributed by atoms with Crippen molar-refractivity contribution in [3.05, 3.63) is 34.3 Å². The summed E-state index contributed by atoms with van der Waals surface area (Å²) in [5.41, 5.74) is 1.09. The van der Waals surface area contributed by atoms with Crippen LogP contribution in [0, 0.1) is 6.92 Å². The first-order valence-electron chi connectivity index (χ1n) is 4.44. The van der Waals surface area contributed by atoms with E-state index in [0.29, 0.717) is 0 Å². The Labute approximate surface area is 86.4 Å². The third-order valence-electron chi connectivity index (χ3n) is 1.79. The maximum absolute atomic E-state index is 4.35. The highest BCUT2D eigenvalue weighted by Crippen LogP contribution is 2.07. The maximum atomic E-state index is 4.35. The van der Waals surface area contributed by atoms with Gasteiger partial charge in [-0.25, -0.2) is 9.97 Å². The third kappa shape index (κ3) is 2.40. The van der Waals surface area contributed by atoms with Gasteiger partial charge in [0, 0.05) is 30.0 Å². The largest absolute Gasteiger partial charge is 0.348 e. The zero-order valence-electron chi connectivity index (χ0n) is 7.95. The normalized spacial score (nSPS) is 10.6. The Morgan fingerprint density at radius 2 is 2.43 bits per heavy atom. The Balaban J connectivity index is 1.78. The first-order chi connectivity index (χ1) is 6.84. The first kappa shape index (κ1) is 9.36. The number of hydrogen-bond donors (Lipinski definition) is 2. The molecule has 0 fully saturated rings. The molecule has 0 radical (unpaired) electrons. The second-order valence-electron chi connectivity index (χ2n) is 3.02. The van der Waals surface area contributed by atoms with Crippen molar-refractivity contribution in [1.29, 1.82) is 0 Å². The van der Waals surface area contributed by atoms with E-state index in [1.807, 2.05) is 13.1 Å². The second-order valence-corrected chi connectivity index (χ2v) is 3.96. The van der Waals surface area contributed by atoms with E-state index in [9.17, 15) is 0 Å². The smallest absolute Gasteiger partial charge is 0.120 e. The van der Waals surface area contributed by atoms with Crippen LogP contribution in [-0.4, -0.2) is 15.0 Å². The lowest BCUT2D eigenvalue weighted by Crippen LogP contribution is -2.13. The molecule has 2 aromatic rings. The molecule has 5 heteroatoms. The van der Waals surface area contributed by atoms with Gasteiger partial charge in [-0.3, -0.25) is 0 Å². The number of thiazole rings is 1. The minimum atomic E-state index is 0.756. The molecule has 0 aliphatic carbocycles. The number of nitrogens with zero attached hydrogens (tertiary/aromatic N) is 2. The summed E-state index contributed by atoms with van der Waals surface area (Å²) in [6.45, 7) is 3.57. The van der Waals surface area contributed by atoms with E-state index in [-0.39, 0.29) is 0 Å². The maximum Gasteiger partial charge on any atom is 0.120 e. The van der Waals surface area contributed by atoms with Crippen molar-refractivity contribution in [3.63, 3.8) is 0 Å². The number of aromatic nitrogens is 3. The molecule has 0 saturated heterocycles. The Hall–Kier alpha value is -1.20.